The number of aromatic nitrogens is 3. The predicted octanol–water partition coefficient (Wildman–Crippen LogP) is 3.59. The SMILES string of the molecule is C[C@H]1C[C@@H](CCn2cc(CCO)nn2)O[C@]12C(=O)N(Cc1ccccc1)c1ccc(N3CCCCC3=O)cc12. The lowest BCUT2D eigenvalue weighted by Crippen LogP contribution is -2.43. The summed E-state index contributed by atoms with van der Waals surface area (Å²) in [7, 11) is 0. The van der Waals surface area contributed by atoms with E-state index < -0.39 is 5.60 Å². The van der Waals surface area contributed by atoms with Gasteiger partial charge in [0.15, 0.2) is 5.60 Å². The Balaban J connectivity index is 1.31. The van der Waals surface area contributed by atoms with Crippen molar-refractivity contribution in [2.75, 3.05) is 23.0 Å². The van der Waals surface area contributed by atoms with Crippen LogP contribution in [0.4, 0.5) is 11.4 Å². The number of carbonyl (C=O) groups excluding carboxylic acids is 2. The molecule has 2 aromatic carbocycles. The van der Waals surface area contributed by atoms with Crippen LogP contribution in [0.15, 0.2) is 54.7 Å². The third-order valence-corrected chi connectivity index (χ3v) is 8.35. The molecule has 3 aromatic rings. The summed E-state index contributed by atoms with van der Waals surface area (Å²) >= 11 is 0. The molecule has 1 N–H and O–H groups in total. The molecule has 4 heterocycles. The highest BCUT2D eigenvalue weighted by molar-refractivity contribution is 6.08. The second kappa shape index (κ2) is 10.5. The zero-order valence-corrected chi connectivity index (χ0v) is 22.3. The van der Waals surface area contributed by atoms with E-state index in [-0.39, 0.29) is 30.4 Å². The molecule has 0 radical (unpaired) electrons. The van der Waals surface area contributed by atoms with Crippen molar-refractivity contribution in [1.29, 1.82) is 0 Å². The van der Waals surface area contributed by atoms with E-state index in [4.69, 9.17) is 9.84 Å². The topological polar surface area (TPSA) is 101 Å². The van der Waals surface area contributed by atoms with Gasteiger partial charge in [-0.1, -0.05) is 42.5 Å². The number of amides is 2. The summed E-state index contributed by atoms with van der Waals surface area (Å²) in [5, 5.41) is 17.4. The number of ether oxygens (including phenoxy) is 1. The average Bonchev–Trinajstić information content (AvgIpc) is 3.60. The van der Waals surface area contributed by atoms with Crippen LogP contribution in [0.2, 0.25) is 0 Å². The van der Waals surface area contributed by atoms with Crippen LogP contribution in [0.5, 0.6) is 0 Å². The largest absolute Gasteiger partial charge is 0.396 e. The first kappa shape index (κ1) is 25.7. The number of benzene rings is 2. The van der Waals surface area contributed by atoms with Crippen LogP contribution in [0.3, 0.4) is 0 Å². The minimum atomic E-state index is -1.09. The Morgan fingerprint density at radius 1 is 1.13 bits per heavy atom. The van der Waals surface area contributed by atoms with Gasteiger partial charge in [0.1, 0.15) is 0 Å². The molecule has 1 spiro atoms. The minimum absolute atomic E-state index is 0.0375. The molecule has 2 amide bonds. The Hall–Kier alpha value is -3.56. The quantitative estimate of drug-likeness (QED) is 0.479. The van der Waals surface area contributed by atoms with Crippen molar-refractivity contribution in [1.82, 2.24) is 15.0 Å². The fraction of sp³-hybridized carbons (Fsp3) is 0.467. The number of fused-ring (bicyclic) bond motifs is 2. The Morgan fingerprint density at radius 2 is 1.97 bits per heavy atom. The number of piperidine rings is 1. The van der Waals surface area contributed by atoms with Gasteiger partial charge in [0.25, 0.3) is 5.91 Å². The van der Waals surface area contributed by atoms with Crippen molar-refractivity contribution in [3.63, 3.8) is 0 Å². The maximum Gasteiger partial charge on any atom is 0.264 e. The van der Waals surface area contributed by atoms with Gasteiger partial charge in [-0.25, -0.2) is 0 Å². The molecule has 1 aromatic heterocycles. The molecule has 2 saturated heterocycles. The molecule has 9 nitrogen and oxygen atoms in total. The first-order chi connectivity index (χ1) is 19.0. The maximum absolute atomic E-state index is 14.3. The van der Waals surface area contributed by atoms with E-state index in [9.17, 15) is 9.59 Å². The number of aryl methyl sites for hydroxylation is 1. The summed E-state index contributed by atoms with van der Waals surface area (Å²) in [6, 6.07) is 16.0. The lowest BCUT2D eigenvalue weighted by molar-refractivity contribution is -0.146. The van der Waals surface area contributed by atoms with Gasteiger partial charge in [0.2, 0.25) is 5.91 Å². The normalized spacial score (nSPS) is 24.7. The van der Waals surface area contributed by atoms with Crippen molar-refractivity contribution >= 4 is 23.2 Å². The standard InChI is InChI=1S/C30H35N5O4/c1-21-17-25(12-15-33-20-23(13-16-36)31-32-33)39-30(21)26-18-24(34-14-6-5-9-28(34)37)10-11-27(26)35(29(30)38)19-22-7-3-2-4-8-22/h2-4,7-8,10-11,18,20-21,25,36H,5-6,9,12-17,19H2,1H3/t21-,25+,30+/m0/s1. The van der Waals surface area contributed by atoms with E-state index in [1.807, 2.05) is 64.5 Å². The molecular weight excluding hydrogens is 494 g/mol. The number of nitrogens with zero attached hydrogens (tertiary/aromatic N) is 5. The van der Waals surface area contributed by atoms with Gasteiger partial charge < -0.3 is 19.6 Å². The number of hydrogen-bond acceptors (Lipinski definition) is 6. The average molecular weight is 530 g/mol. The van der Waals surface area contributed by atoms with Gasteiger partial charge in [-0.3, -0.25) is 14.3 Å². The van der Waals surface area contributed by atoms with Crippen molar-refractivity contribution in [2.45, 2.75) is 70.2 Å². The van der Waals surface area contributed by atoms with Crippen LogP contribution in [0, 0.1) is 5.92 Å². The molecule has 0 saturated carbocycles. The second-order valence-electron chi connectivity index (χ2n) is 10.9. The third-order valence-electron chi connectivity index (χ3n) is 8.35. The highest BCUT2D eigenvalue weighted by atomic mass is 16.5. The third kappa shape index (κ3) is 4.63. The molecule has 6 rings (SSSR count). The highest BCUT2D eigenvalue weighted by Gasteiger charge is 2.60. The van der Waals surface area contributed by atoms with E-state index in [0.29, 0.717) is 38.9 Å². The fourth-order valence-electron chi connectivity index (χ4n) is 6.36. The molecule has 2 fully saturated rings. The molecule has 0 unspecified atom stereocenters. The fourth-order valence-corrected chi connectivity index (χ4v) is 6.36. The van der Waals surface area contributed by atoms with Crippen molar-refractivity contribution < 1.29 is 19.4 Å². The van der Waals surface area contributed by atoms with Crippen LogP contribution < -0.4 is 9.80 Å². The smallest absolute Gasteiger partial charge is 0.264 e. The Bertz CT molecular complexity index is 1360. The molecule has 39 heavy (non-hydrogen) atoms. The first-order valence-electron chi connectivity index (χ1n) is 14.0. The lowest BCUT2D eigenvalue weighted by atomic mass is 9.82. The highest BCUT2D eigenvalue weighted by Crippen LogP contribution is 2.54. The molecule has 9 heteroatoms. The number of anilines is 2. The predicted molar refractivity (Wildman–Crippen MR) is 146 cm³/mol. The summed E-state index contributed by atoms with van der Waals surface area (Å²) in [6.45, 7) is 3.91. The molecule has 204 valence electrons. The van der Waals surface area contributed by atoms with E-state index >= 15 is 0 Å². The number of carbonyl (C=O) groups is 2. The molecule has 3 aliphatic heterocycles. The molecule has 0 aliphatic carbocycles. The second-order valence-corrected chi connectivity index (χ2v) is 10.9. The van der Waals surface area contributed by atoms with Crippen LogP contribution in [0.25, 0.3) is 0 Å². The minimum Gasteiger partial charge on any atom is -0.396 e. The van der Waals surface area contributed by atoms with E-state index in [1.165, 1.54) is 0 Å². The van der Waals surface area contributed by atoms with E-state index in [1.54, 1.807) is 4.68 Å². The molecular formula is C30H35N5O4. The zero-order valence-electron chi connectivity index (χ0n) is 22.3. The van der Waals surface area contributed by atoms with Gasteiger partial charge in [0.05, 0.1) is 24.0 Å². The van der Waals surface area contributed by atoms with Crippen LogP contribution in [-0.2, 0) is 39.4 Å². The summed E-state index contributed by atoms with van der Waals surface area (Å²) in [4.78, 5) is 30.8. The van der Waals surface area contributed by atoms with E-state index in [0.717, 1.165) is 47.5 Å². The summed E-state index contributed by atoms with van der Waals surface area (Å²) in [5.74, 6) is 0.0550. The van der Waals surface area contributed by atoms with Gasteiger partial charge in [-0.15, -0.1) is 5.10 Å². The van der Waals surface area contributed by atoms with Crippen LogP contribution in [0.1, 0.15) is 55.8 Å². The maximum atomic E-state index is 14.3. The van der Waals surface area contributed by atoms with Crippen LogP contribution >= 0.6 is 0 Å². The van der Waals surface area contributed by atoms with Crippen molar-refractivity contribution in [2.24, 2.45) is 5.92 Å². The summed E-state index contributed by atoms with van der Waals surface area (Å²) in [5.41, 5.74) is 3.27. The van der Waals surface area contributed by atoms with Gasteiger partial charge in [0, 0.05) is 55.9 Å². The van der Waals surface area contributed by atoms with Crippen molar-refractivity contribution in [3.05, 3.63) is 71.5 Å². The zero-order chi connectivity index (χ0) is 27.0. The summed E-state index contributed by atoms with van der Waals surface area (Å²) in [6.07, 6.45) is 6.09. The van der Waals surface area contributed by atoms with Gasteiger partial charge in [-0.05, 0) is 49.4 Å². The Labute approximate surface area is 228 Å². The number of rotatable bonds is 8. The summed E-state index contributed by atoms with van der Waals surface area (Å²) < 4.78 is 8.55. The monoisotopic (exact) mass is 529 g/mol. The number of aliphatic hydroxyl groups excluding tert-OH is 1. The van der Waals surface area contributed by atoms with Gasteiger partial charge in [-0.2, -0.15) is 0 Å². The number of aliphatic hydroxyl groups is 1. The molecule has 3 aliphatic rings. The van der Waals surface area contributed by atoms with Crippen LogP contribution in [-0.4, -0.2) is 51.2 Å². The van der Waals surface area contributed by atoms with E-state index in [2.05, 4.69) is 17.2 Å². The Morgan fingerprint density at radius 3 is 2.77 bits per heavy atom. The molecule has 3 atom stereocenters. The molecule has 0 bridgehead atoms. The van der Waals surface area contributed by atoms with Crippen molar-refractivity contribution in [3.8, 4) is 0 Å². The Kier molecular flexibility index (Phi) is 6.95. The number of hydrogen-bond donors (Lipinski definition) is 1. The first-order valence-corrected chi connectivity index (χ1v) is 14.0. The van der Waals surface area contributed by atoms with Gasteiger partial charge >= 0.3 is 0 Å². The lowest BCUT2D eigenvalue weighted by Gasteiger charge is -2.30.